The lowest BCUT2D eigenvalue weighted by Crippen LogP contribution is -2.50. The van der Waals surface area contributed by atoms with Crippen molar-refractivity contribution in [3.63, 3.8) is 0 Å². The van der Waals surface area contributed by atoms with Crippen molar-refractivity contribution in [2.45, 2.75) is 6.10 Å². The fourth-order valence-electron chi connectivity index (χ4n) is 2.91. The molecule has 0 aliphatic carbocycles. The van der Waals surface area contributed by atoms with Crippen molar-refractivity contribution < 1.29 is 14.3 Å². The summed E-state index contributed by atoms with van der Waals surface area (Å²) in [5, 5.41) is 0. The molecule has 1 aromatic heterocycles. The van der Waals surface area contributed by atoms with Crippen molar-refractivity contribution in [1.29, 1.82) is 0 Å². The number of ether oxygens (including phenoxy) is 2. The number of amides is 1. The van der Waals surface area contributed by atoms with E-state index in [-0.39, 0.29) is 6.10 Å². The molecule has 2 N–H and O–H groups in total. The zero-order valence-electron chi connectivity index (χ0n) is 12.6. The van der Waals surface area contributed by atoms with Gasteiger partial charge in [-0.25, -0.2) is 4.98 Å². The lowest BCUT2D eigenvalue weighted by Gasteiger charge is -2.37. The average molecular weight is 306 g/mol. The molecule has 7 nitrogen and oxygen atoms in total. The largest absolute Gasteiger partial charge is 0.376 e. The molecule has 0 spiro atoms. The quantitative estimate of drug-likeness (QED) is 0.824. The van der Waals surface area contributed by atoms with Crippen LogP contribution in [0.25, 0.3) is 0 Å². The van der Waals surface area contributed by atoms with E-state index in [1.807, 2.05) is 0 Å². The standard InChI is InChI=1S/C15H22N4O3/c16-14(20)13-2-1-3-17-15(13)19-6-4-18(5-7-19)10-12-11-21-8-9-22-12/h1-3,12H,4-11H2,(H2,16,20)/t12-/m0/s1. The van der Waals surface area contributed by atoms with Gasteiger partial charge >= 0.3 is 0 Å². The van der Waals surface area contributed by atoms with Crippen LogP contribution in [0, 0.1) is 0 Å². The molecule has 0 aromatic carbocycles. The Hall–Kier alpha value is -1.70. The Labute approximate surface area is 130 Å². The van der Waals surface area contributed by atoms with Crippen LogP contribution in [0.15, 0.2) is 18.3 Å². The summed E-state index contributed by atoms with van der Waals surface area (Å²) in [6.45, 7) is 6.41. The highest BCUT2D eigenvalue weighted by molar-refractivity contribution is 5.97. The molecule has 0 saturated carbocycles. The Bertz CT molecular complexity index is 511. The predicted octanol–water partition coefficient (Wildman–Crippen LogP) is -0.282. The summed E-state index contributed by atoms with van der Waals surface area (Å²) in [5.74, 6) is 0.255. The third kappa shape index (κ3) is 3.55. The van der Waals surface area contributed by atoms with Gasteiger partial charge in [0.15, 0.2) is 0 Å². The van der Waals surface area contributed by atoms with Crippen molar-refractivity contribution >= 4 is 11.7 Å². The van der Waals surface area contributed by atoms with Gasteiger partial charge in [0.25, 0.3) is 5.91 Å². The fraction of sp³-hybridized carbons (Fsp3) is 0.600. The van der Waals surface area contributed by atoms with E-state index >= 15 is 0 Å². The van der Waals surface area contributed by atoms with Crippen LogP contribution in [0.5, 0.6) is 0 Å². The Morgan fingerprint density at radius 3 is 2.82 bits per heavy atom. The summed E-state index contributed by atoms with van der Waals surface area (Å²) in [7, 11) is 0. The van der Waals surface area contributed by atoms with E-state index in [4.69, 9.17) is 15.2 Å². The maximum atomic E-state index is 11.5. The van der Waals surface area contributed by atoms with Gasteiger partial charge in [-0.05, 0) is 12.1 Å². The molecular formula is C15H22N4O3. The van der Waals surface area contributed by atoms with Crippen LogP contribution < -0.4 is 10.6 Å². The monoisotopic (exact) mass is 306 g/mol. The van der Waals surface area contributed by atoms with E-state index in [1.54, 1.807) is 18.3 Å². The second-order valence-electron chi connectivity index (χ2n) is 5.59. The molecule has 2 fully saturated rings. The van der Waals surface area contributed by atoms with Gasteiger partial charge in [0.05, 0.1) is 31.5 Å². The van der Waals surface area contributed by atoms with Gasteiger partial charge < -0.3 is 20.1 Å². The fourth-order valence-corrected chi connectivity index (χ4v) is 2.91. The number of hydrogen-bond acceptors (Lipinski definition) is 6. The molecular weight excluding hydrogens is 284 g/mol. The summed E-state index contributed by atoms with van der Waals surface area (Å²) in [5.41, 5.74) is 5.91. The number of hydrogen-bond donors (Lipinski definition) is 1. The smallest absolute Gasteiger partial charge is 0.252 e. The van der Waals surface area contributed by atoms with Crippen LogP contribution >= 0.6 is 0 Å². The molecule has 3 heterocycles. The second kappa shape index (κ2) is 7.04. The van der Waals surface area contributed by atoms with Gasteiger partial charge in [-0.2, -0.15) is 0 Å². The van der Waals surface area contributed by atoms with Crippen molar-refractivity contribution in [2.75, 3.05) is 57.4 Å². The number of nitrogens with zero attached hydrogens (tertiary/aromatic N) is 3. The summed E-state index contributed by atoms with van der Waals surface area (Å²) in [6, 6.07) is 3.46. The van der Waals surface area contributed by atoms with E-state index in [1.165, 1.54) is 0 Å². The predicted molar refractivity (Wildman–Crippen MR) is 82.0 cm³/mol. The highest BCUT2D eigenvalue weighted by Gasteiger charge is 2.24. The van der Waals surface area contributed by atoms with Gasteiger partial charge in [0.2, 0.25) is 0 Å². The van der Waals surface area contributed by atoms with Crippen LogP contribution in [0.2, 0.25) is 0 Å². The minimum atomic E-state index is -0.432. The first-order chi connectivity index (χ1) is 10.7. The van der Waals surface area contributed by atoms with Crippen LogP contribution in [0.3, 0.4) is 0 Å². The summed E-state index contributed by atoms with van der Waals surface area (Å²) >= 11 is 0. The molecule has 1 aromatic rings. The zero-order valence-corrected chi connectivity index (χ0v) is 12.6. The Balaban J connectivity index is 1.56. The van der Waals surface area contributed by atoms with Crippen molar-refractivity contribution in [3.05, 3.63) is 23.9 Å². The minimum absolute atomic E-state index is 0.163. The van der Waals surface area contributed by atoms with E-state index in [0.717, 1.165) is 32.7 Å². The van der Waals surface area contributed by atoms with Crippen molar-refractivity contribution in [1.82, 2.24) is 9.88 Å². The van der Waals surface area contributed by atoms with Crippen LogP contribution in [0.1, 0.15) is 10.4 Å². The number of carbonyl (C=O) groups excluding carboxylic acids is 1. The van der Waals surface area contributed by atoms with Crippen molar-refractivity contribution in [3.8, 4) is 0 Å². The number of nitrogens with two attached hydrogens (primary N) is 1. The number of pyridine rings is 1. The summed E-state index contributed by atoms with van der Waals surface area (Å²) < 4.78 is 11.1. The number of piperazine rings is 1. The van der Waals surface area contributed by atoms with Gasteiger partial charge in [0, 0.05) is 38.9 Å². The lowest BCUT2D eigenvalue weighted by atomic mass is 10.2. The van der Waals surface area contributed by atoms with Gasteiger partial charge in [-0.15, -0.1) is 0 Å². The Kier molecular flexibility index (Phi) is 4.87. The highest BCUT2D eigenvalue weighted by Crippen LogP contribution is 2.18. The molecule has 0 radical (unpaired) electrons. The zero-order chi connectivity index (χ0) is 15.4. The lowest BCUT2D eigenvalue weighted by molar-refractivity contribution is -0.0977. The second-order valence-corrected chi connectivity index (χ2v) is 5.59. The maximum absolute atomic E-state index is 11.5. The molecule has 120 valence electrons. The molecule has 7 heteroatoms. The Morgan fingerprint density at radius 1 is 1.32 bits per heavy atom. The number of rotatable bonds is 4. The number of aromatic nitrogens is 1. The highest BCUT2D eigenvalue weighted by atomic mass is 16.6. The first-order valence-corrected chi connectivity index (χ1v) is 7.65. The maximum Gasteiger partial charge on any atom is 0.252 e. The number of primary amides is 1. The molecule has 0 unspecified atom stereocenters. The minimum Gasteiger partial charge on any atom is -0.376 e. The first-order valence-electron chi connectivity index (χ1n) is 7.65. The third-order valence-corrected chi connectivity index (χ3v) is 4.07. The Morgan fingerprint density at radius 2 is 2.14 bits per heavy atom. The van der Waals surface area contributed by atoms with Crippen LogP contribution in [-0.2, 0) is 9.47 Å². The van der Waals surface area contributed by atoms with E-state index in [9.17, 15) is 4.79 Å². The molecule has 22 heavy (non-hydrogen) atoms. The number of carbonyl (C=O) groups is 1. The topological polar surface area (TPSA) is 80.9 Å². The summed E-state index contributed by atoms with van der Waals surface area (Å²) in [6.07, 6.45) is 1.86. The first kappa shape index (κ1) is 15.2. The van der Waals surface area contributed by atoms with Crippen molar-refractivity contribution in [2.24, 2.45) is 5.73 Å². The third-order valence-electron chi connectivity index (χ3n) is 4.07. The van der Waals surface area contributed by atoms with E-state index < -0.39 is 5.91 Å². The normalized spacial score (nSPS) is 23.5. The molecule has 2 aliphatic heterocycles. The molecule has 1 atom stereocenters. The van der Waals surface area contributed by atoms with Crippen LogP contribution in [-0.4, -0.2) is 74.4 Å². The van der Waals surface area contributed by atoms with E-state index in [0.29, 0.717) is 31.2 Å². The average Bonchev–Trinajstić information content (AvgIpc) is 2.56. The molecule has 2 saturated heterocycles. The van der Waals surface area contributed by atoms with Crippen LogP contribution in [0.4, 0.5) is 5.82 Å². The van der Waals surface area contributed by atoms with Gasteiger partial charge in [0.1, 0.15) is 5.82 Å². The molecule has 2 aliphatic rings. The van der Waals surface area contributed by atoms with Gasteiger partial charge in [-0.3, -0.25) is 9.69 Å². The molecule has 3 rings (SSSR count). The molecule has 1 amide bonds. The number of anilines is 1. The summed E-state index contributed by atoms with van der Waals surface area (Å²) in [4.78, 5) is 20.3. The van der Waals surface area contributed by atoms with E-state index in [2.05, 4.69) is 14.8 Å². The SMILES string of the molecule is NC(=O)c1cccnc1N1CCN(C[C@H]2COCCO2)CC1. The molecule has 0 bridgehead atoms. The van der Waals surface area contributed by atoms with Gasteiger partial charge in [-0.1, -0.05) is 0 Å².